The zero-order valence-corrected chi connectivity index (χ0v) is 14.2. The van der Waals surface area contributed by atoms with Gasteiger partial charge in [0.05, 0.1) is 0 Å². The molecular formula is C12H11BrO3Zn. The second-order valence-electron chi connectivity index (χ2n) is 3.71. The van der Waals surface area contributed by atoms with Crippen LogP contribution in [0.25, 0.3) is 5.76 Å². The van der Waals surface area contributed by atoms with E-state index in [9.17, 15) is 4.79 Å². The summed E-state index contributed by atoms with van der Waals surface area (Å²) < 4.78 is 10.4. The molecule has 0 radical (unpaired) electrons. The van der Waals surface area contributed by atoms with Crippen molar-refractivity contribution in [2.24, 2.45) is 0 Å². The number of hydrogen-bond acceptors (Lipinski definition) is 3. The molecule has 0 unspecified atom stereocenters. The fourth-order valence-electron chi connectivity index (χ4n) is 1.35. The Morgan fingerprint density at radius 3 is 2.29 bits per heavy atom. The summed E-state index contributed by atoms with van der Waals surface area (Å²) in [7, 11) is 0. The Morgan fingerprint density at radius 1 is 1.18 bits per heavy atom. The average molecular weight is 349 g/mol. The van der Waals surface area contributed by atoms with Crippen molar-refractivity contribution in [1.29, 1.82) is 0 Å². The van der Waals surface area contributed by atoms with Gasteiger partial charge in [-0.05, 0) is 5.76 Å². The zero-order chi connectivity index (χ0) is 12.9. The van der Waals surface area contributed by atoms with Gasteiger partial charge in [-0.25, -0.2) is 0 Å². The van der Waals surface area contributed by atoms with Crippen molar-refractivity contribution in [2.45, 2.75) is 19.6 Å². The van der Waals surface area contributed by atoms with Crippen LogP contribution in [-0.2, 0) is 30.6 Å². The number of carbonyl (C=O) groups is 1. The summed E-state index contributed by atoms with van der Waals surface area (Å²) in [5.74, 6) is -0.991. The first-order chi connectivity index (χ1) is 8.07. The Morgan fingerprint density at radius 2 is 1.76 bits per heavy atom. The van der Waals surface area contributed by atoms with Gasteiger partial charge in [0.25, 0.3) is 0 Å². The fraction of sp³-hybridized carbons (Fsp3) is 0.250. The topological polar surface area (TPSA) is 35.5 Å². The molecule has 0 atom stereocenters. The predicted molar refractivity (Wildman–Crippen MR) is 63.3 cm³/mol. The van der Waals surface area contributed by atoms with E-state index in [4.69, 9.17) is 9.47 Å². The van der Waals surface area contributed by atoms with Gasteiger partial charge < -0.3 is 9.47 Å². The van der Waals surface area contributed by atoms with E-state index >= 15 is 0 Å². The van der Waals surface area contributed by atoms with Crippen molar-refractivity contribution in [3.63, 3.8) is 0 Å². The van der Waals surface area contributed by atoms with Gasteiger partial charge in [-0.15, -0.1) is 23.8 Å². The third-order valence-electron chi connectivity index (χ3n) is 1.94. The molecule has 0 saturated carbocycles. The third-order valence-corrected chi connectivity index (χ3v) is 1.94. The Kier molecular flexibility index (Phi) is 5.35. The molecule has 0 aliphatic carbocycles. The van der Waals surface area contributed by atoms with E-state index in [0.29, 0.717) is 5.76 Å². The molecule has 3 nitrogen and oxygen atoms in total. The molecule has 1 heterocycles. The summed E-state index contributed by atoms with van der Waals surface area (Å²) in [5, 5.41) is 0. The van der Waals surface area contributed by atoms with Crippen LogP contribution in [0.3, 0.4) is 0 Å². The Labute approximate surface area is 117 Å². The van der Waals surface area contributed by atoms with Gasteiger partial charge in [0, 0.05) is 13.8 Å². The van der Waals surface area contributed by atoms with E-state index < -0.39 is 11.8 Å². The maximum absolute atomic E-state index is 11.2. The van der Waals surface area contributed by atoms with Crippen LogP contribution in [-0.4, -0.2) is 11.8 Å². The van der Waals surface area contributed by atoms with Gasteiger partial charge in [-0.1, -0.05) is 18.2 Å². The molecule has 0 bridgehead atoms. The van der Waals surface area contributed by atoms with Crippen molar-refractivity contribution in [3.8, 4) is 0 Å². The average Bonchev–Trinajstić information content (AvgIpc) is 2.30. The van der Waals surface area contributed by atoms with Gasteiger partial charge in [0.15, 0.2) is 0 Å². The summed E-state index contributed by atoms with van der Waals surface area (Å²) in [6.07, 6.45) is 2.52. The SMILES string of the molecule is CC1(C)OC(=O)[C-]=C(c2ccccc2)O1.[Zn+][Br]. The second kappa shape index (κ2) is 6.32. The van der Waals surface area contributed by atoms with Gasteiger partial charge in [0.1, 0.15) is 0 Å². The first kappa shape index (κ1) is 14.4. The van der Waals surface area contributed by atoms with Crippen LogP contribution in [0.1, 0.15) is 19.4 Å². The number of cyclic esters (lactones) is 1. The standard InChI is InChI=1S/C12H11O3.BrH.Zn/c1-12(2)14-10(8-11(13)15-12)9-6-4-3-5-7-9;;/h3-7H,1-2H3;1H;/q-1;;+2/p-1. The van der Waals surface area contributed by atoms with E-state index in [2.05, 4.69) is 19.7 Å². The summed E-state index contributed by atoms with van der Waals surface area (Å²) in [6, 6.07) is 9.37. The number of rotatable bonds is 1. The molecule has 2 rings (SSSR count). The molecule has 0 fully saturated rings. The third kappa shape index (κ3) is 4.25. The zero-order valence-electron chi connectivity index (χ0n) is 9.70. The molecule has 5 heteroatoms. The maximum atomic E-state index is 11.2. The first-order valence-electron chi connectivity index (χ1n) is 4.95. The number of halogens is 1. The van der Waals surface area contributed by atoms with Crippen LogP contribution in [0.5, 0.6) is 0 Å². The van der Waals surface area contributed by atoms with Crippen molar-refractivity contribution in [3.05, 3.63) is 42.0 Å². The minimum absolute atomic E-state index is 0.428. The van der Waals surface area contributed by atoms with Crippen LogP contribution in [0.15, 0.2) is 30.3 Å². The molecule has 1 aliphatic rings. The molecule has 1 aliphatic heterocycles. The molecule has 17 heavy (non-hydrogen) atoms. The fourth-order valence-corrected chi connectivity index (χ4v) is 1.35. The molecule has 0 aromatic heterocycles. The Bertz CT molecular complexity index is 415. The Hall–Kier alpha value is -0.667. The summed E-state index contributed by atoms with van der Waals surface area (Å²) >= 11 is 4.25. The summed E-state index contributed by atoms with van der Waals surface area (Å²) in [6.45, 7) is 3.38. The second-order valence-corrected chi connectivity index (χ2v) is 3.71. The monoisotopic (exact) mass is 346 g/mol. The molecular weight excluding hydrogens is 337 g/mol. The normalized spacial score (nSPS) is 17.0. The van der Waals surface area contributed by atoms with E-state index in [0.717, 1.165) is 5.56 Å². The summed E-state index contributed by atoms with van der Waals surface area (Å²) in [4.78, 5) is 11.2. The number of esters is 1. The number of ether oxygens (including phenoxy) is 2. The van der Waals surface area contributed by atoms with E-state index in [-0.39, 0.29) is 0 Å². The molecule has 1 aromatic carbocycles. The van der Waals surface area contributed by atoms with Crippen LogP contribution < -0.4 is 0 Å². The predicted octanol–water partition coefficient (Wildman–Crippen LogP) is 2.98. The van der Waals surface area contributed by atoms with E-state index in [1.165, 1.54) is 16.3 Å². The molecule has 0 N–H and O–H groups in total. The summed E-state index contributed by atoms with van der Waals surface area (Å²) in [5.41, 5.74) is 0.822. The molecule has 0 amide bonds. The van der Waals surface area contributed by atoms with Gasteiger partial charge in [0.2, 0.25) is 11.8 Å². The molecule has 86 valence electrons. The number of carbonyl (C=O) groups excluding carboxylic acids is 1. The van der Waals surface area contributed by atoms with Crippen LogP contribution in [0.2, 0.25) is 0 Å². The van der Waals surface area contributed by atoms with E-state index in [1.54, 1.807) is 13.8 Å². The quantitative estimate of drug-likeness (QED) is 0.445. The number of benzene rings is 1. The number of hydrogen-bond donors (Lipinski definition) is 0. The van der Waals surface area contributed by atoms with Gasteiger partial charge in [-0.3, -0.25) is 4.79 Å². The van der Waals surface area contributed by atoms with Crippen molar-refractivity contribution < 1.29 is 30.6 Å². The first-order valence-corrected chi connectivity index (χ1v) is 11.9. The van der Waals surface area contributed by atoms with Crippen molar-refractivity contribution in [2.75, 3.05) is 0 Å². The molecule has 0 spiro atoms. The minimum atomic E-state index is -0.923. The van der Waals surface area contributed by atoms with E-state index in [1.807, 2.05) is 30.3 Å². The van der Waals surface area contributed by atoms with Gasteiger partial charge >= 0.3 is 30.0 Å². The van der Waals surface area contributed by atoms with Crippen molar-refractivity contribution >= 4 is 25.4 Å². The molecule has 0 saturated heterocycles. The van der Waals surface area contributed by atoms with Crippen LogP contribution in [0, 0.1) is 6.08 Å². The Balaban J connectivity index is 0.000000686. The van der Waals surface area contributed by atoms with Crippen LogP contribution in [0.4, 0.5) is 0 Å². The van der Waals surface area contributed by atoms with Crippen molar-refractivity contribution in [1.82, 2.24) is 0 Å². The van der Waals surface area contributed by atoms with Gasteiger partial charge in [-0.2, -0.15) is 0 Å². The van der Waals surface area contributed by atoms with Crippen LogP contribution >= 0.6 is 13.6 Å². The molecule has 1 aromatic rings.